The van der Waals surface area contributed by atoms with Gasteiger partial charge in [0.15, 0.2) is 0 Å². The number of ether oxygens (including phenoxy) is 2. The second kappa shape index (κ2) is 26.2. The fourth-order valence-electron chi connectivity index (χ4n) is 2.33. The predicted molar refractivity (Wildman–Crippen MR) is 153 cm³/mol. The van der Waals surface area contributed by atoms with Crippen LogP contribution < -0.4 is 5.90 Å². The Morgan fingerprint density at radius 2 is 1.27 bits per heavy atom. The average molecular weight is 611 g/mol. The Hall–Kier alpha value is -2.76. The number of carbonyl (C=O) groups is 3. The van der Waals surface area contributed by atoms with Crippen LogP contribution in [0.3, 0.4) is 0 Å². The third-order valence-electron chi connectivity index (χ3n) is 3.91. The van der Waals surface area contributed by atoms with Crippen LogP contribution in [0.15, 0.2) is 65.8 Å². The third-order valence-corrected chi connectivity index (χ3v) is 4.46. The number of esters is 2. The van der Waals surface area contributed by atoms with E-state index in [1.54, 1.807) is 20.8 Å². The number of carbonyl (C=O) groups excluding carboxylic acids is 3. The molecule has 2 aromatic rings. The molecule has 2 aromatic carbocycles. The van der Waals surface area contributed by atoms with Crippen LogP contribution in [0.2, 0.25) is 0 Å². The number of Topliss-reactive ketones (excluding diaryl/α,β-unsaturated/α-hetero) is 1. The van der Waals surface area contributed by atoms with E-state index < -0.39 is 13.3 Å². The first-order valence-corrected chi connectivity index (χ1v) is 15.5. The van der Waals surface area contributed by atoms with Crippen LogP contribution in [0.5, 0.6) is 0 Å². The zero-order valence-corrected chi connectivity index (χ0v) is 26.0. The van der Waals surface area contributed by atoms with Gasteiger partial charge in [0.2, 0.25) is 0 Å². The molecular weight excluding hydrogens is 573 g/mol. The molecule has 4 N–H and O–H groups in total. The molecule has 0 aliphatic rings. The Labute approximate surface area is 251 Å². The molecule has 0 bridgehead atoms. The van der Waals surface area contributed by atoms with Gasteiger partial charge in [-0.1, -0.05) is 65.8 Å². The molecule has 226 valence electrons. The van der Waals surface area contributed by atoms with E-state index in [-0.39, 0.29) is 24.6 Å². The van der Waals surface area contributed by atoms with Gasteiger partial charge in [-0.05, 0) is 38.8 Å². The second-order valence-corrected chi connectivity index (χ2v) is 11.2. The summed E-state index contributed by atoms with van der Waals surface area (Å²) in [5.41, 5.74) is 2.75. The summed E-state index contributed by atoms with van der Waals surface area (Å²) in [6, 6.07) is 19.5. The zero-order chi connectivity index (χ0) is 31.5. The molecular formula is C26H38MgN2O11S. The predicted octanol–water partition coefficient (Wildman–Crippen LogP) is 3.37. The number of benzene rings is 2. The van der Waals surface area contributed by atoms with Gasteiger partial charge in [0.25, 0.3) is 0 Å². The molecule has 13 nitrogen and oxygen atoms in total. The molecule has 2 rings (SSSR count). The molecule has 0 heterocycles. The molecule has 0 fully saturated rings. The molecule has 15 heteroatoms. The standard InChI is InChI=1S/C13H17NO3.C7H9NO.C6H10O3.Mg.H2O4S/c1-3-16-13(15)9-11(2)14-17-10-12-7-5-4-6-8-12;8-9-6-7-4-2-1-3-5-7;1-3-9-6(8)4-5(2)7;;1-4-5(2)3/h4-8H,3,9-10H2,1-2H3;1-5H,6,8H2;3-4H2,1-2H3;;1H,(H,2,3). The summed E-state index contributed by atoms with van der Waals surface area (Å²) in [6.07, 6.45) is 0.0659. The summed E-state index contributed by atoms with van der Waals surface area (Å²) < 4.78 is 29.9. The number of nitrogens with two attached hydrogens (primary N) is 1. The Kier molecular flexibility index (Phi) is 25.8. The minimum atomic E-state index is -3.33. The van der Waals surface area contributed by atoms with Crippen molar-refractivity contribution in [2.24, 2.45) is 11.1 Å². The summed E-state index contributed by atoms with van der Waals surface area (Å²) in [6.45, 7) is 8.19. The van der Waals surface area contributed by atoms with Crippen molar-refractivity contribution in [1.29, 1.82) is 0 Å². The maximum atomic E-state index is 11.1. The van der Waals surface area contributed by atoms with E-state index in [4.69, 9.17) is 25.3 Å². The molecule has 0 amide bonds. The van der Waals surface area contributed by atoms with E-state index >= 15 is 0 Å². The normalized spacial score (nSPS) is 11.5. The van der Waals surface area contributed by atoms with E-state index in [1.165, 1.54) is 6.92 Å². The van der Waals surface area contributed by atoms with Gasteiger partial charge in [0.05, 0.1) is 32.0 Å². The van der Waals surface area contributed by atoms with Gasteiger partial charge in [0.1, 0.15) is 18.8 Å². The van der Waals surface area contributed by atoms with Crippen molar-refractivity contribution in [2.75, 3.05) is 13.2 Å². The summed E-state index contributed by atoms with van der Waals surface area (Å²) in [5.74, 6) is 3.98. The fraction of sp³-hybridized carbons (Fsp3) is 0.385. The van der Waals surface area contributed by atoms with E-state index in [2.05, 4.69) is 19.1 Å². The van der Waals surface area contributed by atoms with Crippen molar-refractivity contribution >= 4 is 50.6 Å². The van der Waals surface area contributed by atoms with Crippen LogP contribution >= 0.6 is 0 Å². The number of rotatable bonds is 12. The Morgan fingerprint density at radius 3 is 1.63 bits per heavy atom. The molecule has 1 atom stereocenters. The fourth-order valence-corrected chi connectivity index (χ4v) is 2.33. The zero-order valence-electron chi connectivity index (χ0n) is 23.7. The molecule has 0 aliphatic heterocycles. The summed E-state index contributed by atoms with van der Waals surface area (Å²) >= 11 is 0.671. The van der Waals surface area contributed by atoms with Crippen LogP contribution in [0.1, 0.15) is 51.7 Å². The van der Waals surface area contributed by atoms with Crippen LogP contribution in [0.4, 0.5) is 0 Å². The van der Waals surface area contributed by atoms with Crippen molar-refractivity contribution in [3.63, 3.8) is 0 Å². The Balaban J connectivity index is 0. The second-order valence-electron chi connectivity index (χ2n) is 7.70. The maximum absolute atomic E-state index is 11.1. The van der Waals surface area contributed by atoms with Crippen molar-refractivity contribution in [3.8, 4) is 0 Å². The first-order chi connectivity index (χ1) is 19.4. The van der Waals surface area contributed by atoms with Crippen LogP contribution in [-0.2, 0) is 58.4 Å². The first kappa shape index (κ1) is 40.4. The van der Waals surface area contributed by atoms with Gasteiger partial charge in [-0.25, -0.2) is 5.90 Å². The van der Waals surface area contributed by atoms with E-state index in [9.17, 15) is 18.6 Å². The summed E-state index contributed by atoms with van der Waals surface area (Å²) in [5, 5.41) is 11.2. The van der Waals surface area contributed by atoms with E-state index in [0.717, 1.165) is 11.1 Å². The monoisotopic (exact) mass is 610 g/mol. The molecule has 0 spiro atoms. The number of ketones is 1. The molecule has 0 saturated carbocycles. The van der Waals surface area contributed by atoms with Gasteiger partial charge < -0.3 is 14.3 Å². The third kappa shape index (κ3) is 30.0. The van der Waals surface area contributed by atoms with Crippen LogP contribution in [0.25, 0.3) is 0 Å². The van der Waals surface area contributed by atoms with Crippen molar-refractivity contribution in [1.82, 2.24) is 0 Å². The van der Waals surface area contributed by atoms with Gasteiger partial charge in [-0.2, -0.15) is 0 Å². The molecule has 0 aliphatic carbocycles. The minimum absolute atomic E-state index is 0.103. The molecule has 1 unspecified atom stereocenters. The van der Waals surface area contributed by atoms with Crippen LogP contribution in [0, 0.1) is 0 Å². The van der Waals surface area contributed by atoms with Crippen molar-refractivity contribution in [3.05, 3.63) is 71.8 Å². The average Bonchev–Trinajstić information content (AvgIpc) is 2.91. The van der Waals surface area contributed by atoms with Crippen LogP contribution in [-0.4, -0.2) is 70.5 Å². The topological polar surface area (TPSA) is 193 Å². The SMILES string of the molecule is CCOC(=O)CC(C)=NOCc1ccccc1.CCOC(=O)CC(C)=O.NOCc1ccccc1.O=[S](O)(=[Mg])OO. The van der Waals surface area contributed by atoms with Crippen molar-refractivity contribution < 1.29 is 51.9 Å². The summed E-state index contributed by atoms with van der Waals surface area (Å²) in [7, 11) is -3.33. The van der Waals surface area contributed by atoms with Gasteiger partial charge in [-0.3, -0.25) is 19.2 Å². The molecule has 41 heavy (non-hydrogen) atoms. The Morgan fingerprint density at radius 1 is 0.854 bits per heavy atom. The number of hydrogen-bond acceptors (Lipinski definition) is 12. The Bertz CT molecular complexity index is 1120. The van der Waals surface area contributed by atoms with E-state index in [0.29, 0.717) is 51.9 Å². The molecule has 0 radical (unpaired) electrons. The summed E-state index contributed by atoms with van der Waals surface area (Å²) in [4.78, 5) is 41.3. The van der Waals surface area contributed by atoms with Gasteiger partial charge in [-0.15, -0.1) is 0 Å². The number of nitrogens with zero attached hydrogens (tertiary/aromatic N) is 1. The van der Waals surface area contributed by atoms with Gasteiger partial charge >= 0.3 is 57.4 Å². The number of hydrogen-bond donors (Lipinski definition) is 3. The molecule has 0 aromatic heterocycles. The van der Waals surface area contributed by atoms with E-state index in [1.807, 2.05) is 60.7 Å². The van der Waals surface area contributed by atoms with Crippen molar-refractivity contribution in [2.45, 2.75) is 53.8 Å². The number of oxime groups is 1. The first-order valence-electron chi connectivity index (χ1n) is 12.2. The molecule has 0 saturated heterocycles. The van der Waals surface area contributed by atoms with Gasteiger partial charge in [0, 0.05) is 0 Å². The quantitative estimate of drug-likeness (QED) is 0.0793.